The van der Waals surface area contributed by atoms with Gasteiger partial charge in [0.2, 0.25) is 0 Å². The monoisotopic (exact) mass is 582 g/mol. The molecule has 2 unspecified atom stereocenters. The van der Waals surface area contributed by atoms with E-state index < -0.39 is 36.1 Å². The number of rotatable bonds is 2. The van der Waals surface area contributed by atoms with Crippen molar-refractivity contribution in [2.75, 3.05) is 4.90 Å². The van der Waals surface area contributed by atoms with E-state index in [0.717, 1.165) is 9.37 Å². The zero-order chi connectivity index (χ0) is 26.4. The van der Waals surface area contributed by atoms with Crippen molar-refractivity contribution in [3.05, 3.63) is 62.5 Å². The summed E-state index contributed by atoms with van der Waals surface area (Å²) in [5, 5.41) is 0.474. The zero-order valence-corrected chi connectivity index (χ0v) is 22.9. The maximum absolute atomic E-state index is 12.9. The third kappa shape index (κ3) is 7.62. The molecule has 1 aliphatic heterocycles. The fourth-order valence-electron chi connectivity index (χ4n) is 3.36. The number of hydrogen-bond acceptors (Lipinski definition) is 2. The van der Waals surface area contributed by atoms with Gasteiger partial charge in [-0.3, -0.25) is 14.5 Å². The molecule has 0 saturated carbocycles. The molecule has 34 heavy (non-hydrogen) atoms. The van der Waals surface area contributed by atoms with Crippen LogP contribution in [0, 0.1) is 12.8 Å². The van der Waals surface area contributed by atoms with Crippen LogP contribution in [0.4, 0.5) is 18.9 Å². The van der Waals surface area contributed by atoms with Gasteiger partial charge in [-0.2, -0.15) is 13.2 Å². The highest BCUT2D eigenvalue weighted by atomic mass is 79.9. The van der Waals surface area contributed by atoms with Crippen LogP contribution in [0.25, 0.3) is 0 Å². The summed E-state index contributed by atoms with van der Waals surface area (Å²) < 4.78 is 39.9. The van der Waals surface area contributed by atoms with Gasteiger partial charge in [-0.15, -0.1) is 0 Å². The molecule has 1 fully saturated rings. The minimum absolute atomic E-state index is 0.237. The van der Waals surface area contributed by atoms with E-state index in [9.17, 15) is 22.8 Å². The van der Waals surface area contributed by atoms with Gasteiger partial charge in [-0.05, 0) is 50.1 Å². The van der Waals surface area contributed by atoms with Crippen LogP contribution in [0.1, 0.15) is 40.2 Å². The van der Waals surface area contributed by atoms with Crippen molar-refractivity contribution >= 4 is 56.6 Å². The van der Waals surface area contributed by atoms with Crippen molar-refractivity contribution in [2.24, 2.45) is 5.92 Å². The quantitative estimate of drug-likeness (QED) is 0.361. The third-order valence-electron chi connectivity index (χ3n) is 4.77. The van der Waals surface area contributed by atoms with Crippen LogP contribution < -0.4 is 4.90 Å². The lowest BCUT2D eigenvalue weighted by Crippen LogP contribution is -2.51. The summed E-state index contributed by atoms with van der Waals surface area (Å²) >= 11 is 15.2. The van der Waals surface area contributed by atoms with Gasteiger partial charge in [0.25, 0.3) is 5.91 Å². The summed E-state index contributed by atoms with van der Waals surface area (Å²) in [6.45, 7) is 10.6. The summed E-state index contributed by atoms with van der Waals surface area (Å²) in [6, 6.07) is 11.3. The van der Waals surface area contributed by atoms with Gasteiger partial charge in [-0.25, -0.2) is 0 Å². The number of carbonyl (C=O) groups excluding carboxylic acids is 2. The molecule has 1 saturated heterocycles. The average Bonchev–Trinajstić information content (AvgIpc) is 3.01. The number of nitrogens with zero attached hydrogens (tertiary/aromatic N) is 2. The lowest BCUT2D eigenvalue weighted by atomic mass is 10.1. The largest absolute Gasteiger partial charge is 0.471 e. The maximum Gasteiger partial charge on any atom is 0.471 e. The van der Waals surface area contributed by atoms with Crippen molar-refractivity contribution in [3.8, 4) is 0 Å². The normalized spacial score (nSPS) is 17.7. The molecule has 3 rings (SSSR count). The molecular weight excluding hydrogens is 556 g/mol. The van der Waals surface area contributed by atoms with E-state index in [0.29, 0.717) is 4.90 Å². The second kappa shape index (κ2) is 12.8. The van der Waals surface area contributed by atoms with E-state index in [1.807, 2.05) is 26.0 Å². The number of amides is 2. The van der Waals surface area contributed by atoms with Crippen LogP contribution >= 0.6 is 39.1 Å². The van der Waals surface area contributed by atoms with Crippen molar-refractivity contribution < 1.29 is 22.8 Å². The second-order valence-corrected chi connectivity index (χ2v) is 9.46. The van der Waals surface area contributed by atoms with E-state index in [1.54, 1.807) is 13.8 Å². The van der Waals surface area contributed by atoms with Crippen molar-refractivity contribution in [2.45, 2.75) is 59.9 Å². The molecule has 2 aromatic rings. The minimum atomic E-state index is -5.07. The standard InChI is InChI=1S/C15H15Cl2F3N2O2.C7H7Br.C2H6/c1-7(2)12-21(14(24)15(18,19)20)8(3)13(23)22(12)11-5-9(16)4-10(17)6-11;1-6-2-4-7(8)5-3-6;1-2/h4-8,12H,1-3H3;2-5H,1H3;1-2H3. The second-order valence-electron chi connectivity index (χ2n) is 7.68. The topological polar surface area (TPSA) is 40.6 Å². The van der Waals surface area contributed by atoms with Crippen LogP contribution in [0.3, 0.4) is 0 Å². The summed E-state index contributed by atoms with van der Waals surface area (Å²) in [7, 11) is 0. The average molecular weight is 584 g/mol. The van der Waals surface area contributed by atoms with Gasteiger partial charge in [0.1, 0.15) is 12.2 Å². The Morgan fingerprint density at radius 3 is 1.88 bits per heavy atom. The first kappa shape index (κ1) is 30.3. The highest BCUT2D eigenvalue weighted by Gasteiger charge is 2.55. The van der Waals surface area contributed by atoms with Crippen molar-refractivity contribution in [3.63, 3.8) is 0 Å². The van der Waals surface area contributed by atoms with Crippen LogP contribution in [-0.2, 0) is 9.59 Å². The van der Waals surface area contributed by atoms with Gasteiger partial charge in [0.15, 0.2) is 0 Å². The number of hydrogen-bond donors (Lipinski definition) is 0. The predicted molar refractivity (Wildman–Crippen MR) is 135 cm³/mol. The Labute approximate surface area is 217 Å². The molecule has 188 valence electrons. The molecule has 2 amide bonds. The molecule has 0 aromatic heterocycles. The molecule has 10 heteroatoms. The minimum Gasteiger partial charge on any atom is -0.302 e. The Balaban J connectivity index is 0.000000483. The summed E-state index contributed by atoms with van der Waals surface area (Å²) in [5.41, 5.74) is 1.55. The van der Waals surface area contributed by atoms with Crippen LogP contribution in [0.2, 0.25) is 10.0 Å². The van der Waals surface area contributed by atoms with Gasteiger partial charge >= 0.3 is 12.1 Å². The summed E-state index contributed by atoms with van der Waals surface area (Å²) in [4.78, 5) is 26.1. The van der Waals surface area contributed by atoms with Crippen LogP contribution in [0.15, 0.2) is 46.9 Å². The fraction of sp³-hybridized carbons (Fsp3) is 0.417. The first-order valence-electron chi connectivity index (χ1n) is 10.6. The van der Waals surface area contributed by atoms with E-state index >= 15 is 0 Å². The van der Waals surface area contributed by atoms with Crippen LogP contribution in [-0.4, -0.2) is 35.1 Å². The van der Waals surface area contributed by atoms with Gasteiger partial charge in [-0.1, -0.05) is 84.5 Å². The van der Waals surface area contributed by atoms with Crippen molar-refractivity contribution in [1.82, 2.24) is 4.90 Å². The molecule has 4 nitrogen and oxygen atoms in total. The number of carbonyl (C=O) groups is 2. The fourth-order valence-corrected chi connectivity index (χ4v) is 4.14. The summed E-state index contributed by atoms with van der Waals surface area (Å²) in [5.74, 6) is -3.11. The van der Waals surface area contributed by atoms with E-state index in [4.69, 9.17) is 23.2 Å². The number of benzene rings is 2. The molecule has 0 bridgehead atoms. The molecule has 2 aromatic carbocycles. The Kier molecular flexibility index (Phi) is 11.4. The van der Waals surface area contributed by atoms with Gasteiger partial charge < -0.3 is 4.90 Å². The molecular formula is C24H28BrCl2F3N2O2. The molecule has 2 atom stereocenters. The lowest BCUT2D eigenvalue weighted by molar-refractivity contribution is -0.189. The smallest absolute Gasteiger partial charge is 0.302 e. The zero-order valence-electron chi connectivity index (χ0n) is 19.8. The molecule has 0 aliphatic carbocycles. The maximum atomic E-state index is 12.9. The first-order valence-corrected chi connectivity index (χ1v) is 12.2. The van der Waals surface area contributed by atoms with Gasteiger partial charge in [0.05, 0.1) is 0 Å². The Hall–Kier alpha value is -1.77. The molecule has 0 N–H and O–H groups in total. The molecule has 1 aliphatic rings. The highest BCUT2D eigenvalue weighted by Crippen LogP contribution is 2.37. The first-order chi connectivity index (χ1) is 15.7. The Morgan fingerprint density at radius 1 is 1.03 bits per heavy atom. The number of alkyl halides is 3. The number of halogens is 6. The third-order valence-corrected chi connectivity index (χ3v) is 5.74. The SMILES string of the molecule is CC.CC(C)C1N(c2cc(Cl)cc(Cl)c2)C(=O)C(C)N1C(=O)C(F)(F)F.Cc1ccc(Br)cc1. The predicted octanol–water partition coefficient (Wildman–Crippen LogP) is 7.89. The van der Waals surface area contributed by atoms with E-state index in [-0.39, 0.29) is 15.7 Å². The molecule has 1 heterocycles. The summed E-state index contributed by atoms with van der Waals surface area (Å²) in [6.07, 6.45) is -6.15. The lowest BCUT2D eigenvalue weighted by Gasteiger charge is -2.34. The molecule has 0 radical (unpaired) electrons. The Bertz CT molecular complexity index is 944. The number of anilines is 1. The number of aryl methyl sites for hydroxylation is 1. The van der Waals surface area contributed by atoms with Crippen LogP contribution in [0.5, 0.6) is 0 Å². The Morgan fingerprint density at radius 2 is 1.50 bits per heavy atom. The van der Waals surface area contributed by atoms with E-state index in [2.05, 4.69) is 35.0 Å². The van der Waals surface area contributed by atoms with Gasteiger partial charge in [0, 0.05) is 20.2 Å². The molecule has 0 spiro atoms. The van der Waals surface area contributed by atoms with Crippen molar-refractivity contribution in [1.29, 1.82) is 0 Å². The van der Waals surface area contributed by atoms with E-state index in [1.165, 1.54) is 30.7 Å². The highest BCUT2D eigenvalue weighted by molar-refractivity contribution is 9.10.